The third-order valence-corrected chi connectivity index (χ3v) is 14.8. The Morgan fingerprint density at radius 2 is 1.71 bits per heavy atom. The lowest BCUT2D eigenvalue weighted by Gasteiger charge is -2.33. The van der Waals surface area contributed by atoms with Gasteiger partial charge in [-0.3, -0.25) is 23.9 Å². The lowest BCUT2D eigenvalue weighted by molar-refractivity contribution is -0.142. The summed E-state index contributed by atoms with van der Waals surface area (Å²) in [5, 5.41) is 7.30. The molecule has 16 heteroatoms. The van der Waals surface area contributed by atoms with Gasteiger partial charge < -0.3 is 25.2 Å². The number of rotatable bonds is 7. The van der Waals surface area contributed by atoms with Gasteiger partial charge in [0.25, 0.3) is 11.8 Å². The topological polar surface area (TPSA) is 184 Å². The molecule has 14 nitrogen and oxygen atoms in total. The monoisotopic (exact) mass is 792 g/mol. The second-order valence-corrected chi connectivity index (χ2v) is 18.8. The number of hydrogen-bond acceptors (Lipinski definition) is 10. The van der Waals surface area contributed by atoms with Gasteiger partial charge in [0.1, 0.15) is 23.7 Å². The van der Waals surface area contributed by atoms with E-state index in [0.717, 1.165) is 44.1 Å². The highest BCUT2D eigenvalue weighted by Crippen LogP contribution is 2.47. The van der Waals surface area contributed by atoms with Crippen molar-refractivity contribution in [3.63, 3.8) is 0 Å². The third kappa shape index (κ3) is 7.89. The summed E-state index contributed by atoms with van der Waals surface area (Å²) in [6.07, 6.45) is 11.0. The number of hydrogen-bond donors (Lipinski definition) is 3. The Bertz CT molecular complexity index is 1960. The Morgan fingerprint density at radius 3 is 2.47 bits per heavy atom. The van der Waals surface area contributed by atoms with Crippen molar-refractivity contribution in [1.82, 2.24) is 30.1 Å². The minimum atomic E-state index is -3.90. The number of nitrogens with zero attached hydrogens (tertiary/aromatic N) is 3. The van der Waals surface area contributed by atoms with Crippen LogP contribution in [0.5, 0.6) is 0 Å². The van der Waals surface area contributed by atoms with Gasteiger partial charge in [-0.2, -0.15) is 0 Å². The highest BCUT2D eigenvalue weighted by Gasteiger charge is 2.63. The molecular formula is C39H48N6O8S2. The first kappa shape index (κ1) is 37.6. The van der Waals surface area contributed by atoms with Gasteiger partial charge in [0, 0.05) is 48.3 Å². The molecule has 3 aliphatic heterocycles. The Hall–Kier alpha value is -4.31. The van der Waals surface area contributed by atoms with Crippen LogP contribution >= 0.6 is 11.3 Å². The van der Waals surface area contributed by atoms with Crippen LogP contribution in [0.1, 0.15) is 86.9 Å². The van der Waals surface area contributed by atoms with Gasteiger partial charge >= 0.3 is 6.09 Å². The highest BCUT2D eigenvalue weighted by atomic mass is 32.2. The van der Waals surface area contributed by atoms with Crippen molar-refractivity contribution in [3.8, 4) is 11.3 Å². The summed E-state index contributed by atoms with van der Waals surface area (Å²) in [4.78, 5) is 77.8. The van der Waals surface area contributed by atoms with Gasteiger partial charge in [-0.15, -0.1) is 11.3 Å². The van der Waals surface area contributed by atoms with E-state index in [9.17, 15) is 32.4 Å². The first-order valence-corrected chi connectivity index (χ1v) is 22.1. The molecule has 0 bridgehead atoms. The van der Waals surface area contributed by atoms with Crippen molar-refractivity contribution >= 4 is 51.1 Å². The molecule has 1 aromatic heterocycles. The maximum Gasteiger partial charge on any atom is 0.408 e. The molecule has 5 amide bonds. The van der Waals surface area contributed by atoms with Gasteiger partial charge in [-0.05, 0) is 64.2 Å². The summed E-state index contributed by atoms with van der Waals surface area (Å²) >= 11 is 1.25. The lowest BCUT2D eigenvalue weighted by atomic mass is 9.93. The maximum absolute atomic E-state index is 14.7. The van der Waals surface area contributed by atoms with E-state index in [4.69, 9.17) is 4.74 Å². The van der Waals surface area contributed by atoms with E-state index >= 15 is 0 Å². The number of likely N-dealkylation sites (tertiary alicyclic amines) is 1. The maximum atomic E-state index is 14.7. The standard InChI is InChI=1S/C39H48N6O8S2/c46-33-32-29-22-44(36(48)34-40-31(23-54-34)24-11-5-4-6-12-24)20-25(29)21-45(32)35(47)30(41-38(50)53-27-14-9-10-15-27)16-8-3-1-2-7-13-26-19-39(26,42-33)37(49)43-55(51,52)28-17-18-28/h4-7,11-13,23,25-30,32H,1-3,8-10,14-22H2,(H,41,50)(H,42,46)(H,43,49)/b13-7-/t25-,26+,29-,30-,32-,39+/m0/s1. The number of thiazole rings is 1. The van der Waals surface area contributed by atoms with Gasteiger partial charge in [-0.25, -0.2) is 18.2 Å². The van der Waals surface area contributed by atoms with E-state index in [2.05, 4.69) is 20.3 Å². The van der Waals surface area contributed by atoms with Crippen LogP contribution in [-0.4, -0.2) is 102 Å². The minimum absolute atomic E-state index is 0.160. The SMILES string of the molecule is O=C(N[C@H]1CCCCC/C=C\[C@@H]2C[C@@]2(C(=O)NS(=O)(=O)C2CC2)NC(=O)[C@@H]2[C@H]3CN(C(=O)c4nc(-c5ccccc5)cs4)C[C@H]3CN2C1=O)OC1CCCC1. The molecule has 3 aliphatic carbocycles. The number of carbonyl (C=O) groups excluding carboxylic acids is 5. The number of aromatic nitrogens is 1. The summed E-state index contributed by atoms with van der Waals surface area (Å²) < 4.78 is 33.7. The number of nitrogens with one attached hydrogen (secondary N) is 3. The Morgan fingerprint density at radius 1 is 0.945 bits per heavy atom. The molecule has 3 saturated carbocycles. The predicted octanol–water partition coefficient (Wildman–Crippen LogP) is 3.75. The van der Waals surface area contributed by atoms with Crippen molar-refractivity contribution in [2.24, 2.45) is 17.8 Å². The zero-order chi connectivity index (χ0) is 38.3. The lowest BCUT2D eigenvalue weighted by Crippen LogP contribution is -2.60. The number of alkyl carbamates (subject to hydrolysis) is 1. The molecule has 4 heterocycles. The molecule has 0 unspecified atom stereocenters. The van der Waals surface area contributed by atoms with E-state index in [1.807, 2.05) is 47.9 Å². The number of sulfonamides is 1. The number of allylic oxidation sites excluding steroid dienone is 1. The van der Waals surface area contributed by atoms with Crippen LogP contribution in [0.4, 0.5) is 4.79 Å². The zero-order valence-corrected chi connectivity index (χ0v) is 32.3. The van der Waals surface area contributed by atoms with Gasteiger partial charge in [0.15, 0.2) is 5.01 Å². The molecular weight excluding hydrogens is 745 g/mol. The number of ether oxygens (including phenoxy) is 1. The average Bonchev–Trinajstić information content (AvgIpc) is 3.83. The van der Waals surface area contributed by atoms with Crippen molar-refractivity contribution in [2.75, 3.05) is 19.6 Å². The fraction of sp³-hybridized carbons (Fsp3) is 0.590. The number of benzene rings is 1. The summed E-state index contributed by atoms with van der Waals surface area (Å²) in [5.74, 6) is -3.23. The largest absolute Gasteiger partial charge is 0.446 e. The molecule has 1 aromatic carbocycles. The fourth-order valence-corrected chi connectivity index (χ4v) is 11.0. The summed E-state index contributed by atoms with van der Waals surface area (Å²) in [6.45, 7) is 0.620. The van der Waals surface area contributed by atoms with Gasteiger partial charge in [0.2, 0.25) is 21.8 Å². The van der Waals surface area contributed by atoms with Crippen LogP contribution in [0.25, 0.3) is 11.3 Å². The van der Waals surface area contributed by atoms with E-state index < -0.39 is 68.5 Å². The van der Waals surface area contributed by atoms with E-state index in [-0.39, 0.29) is 44.0 Å². The van der Waals surface area contributed by atoms with Crippen molar-refractivity contribution < 1.29 is 37.1 Å². The molecule has 2 aromatic rings. The summed E-state index contributed by atoms with van der Waals surface area (Å²) in [5.41, 5.74) is 0.0778. The number of amides is 5. The minimum Gasteiger partial charge on any atom is -0.446 e. The quantitative estimate of drug-likeness (QED) is 0.352. The summed E-state index contributed by atoms with van der Waals surface area (Å²) in [7, 11) is -3.90. The van der Waals surface area contributed by atoms with E-state index in [0.29, 0.717) is 42.8 Å². The number of fused-ring (bicyclic) bond motifs is 4. The van der Waals surface area contributed by atoms with Crippen LogP contribution < -0.4 is 15.4 Å². The van der Waals surface area contributed by atoms with Crippen LogP contribution in [0, 0.1) is 17.8 Å². The first-order valence-electron chi connectivity index (χ1n) is 19.6. The number of carbonyl (C=O) groups is 5. The smallest absolute Gasteiger partial charge is 0.408 e. The Labute approximate surface area is 324 Å². The molecule has 55 heavy (non-hydrogen) atoms. The molecule has 0 radical (unpaired) electrons. The molecule has 6 aliphatic rings. The molecule has 2 saturated heterocycles. The third-order valence-electron chi connectivity index (χ3n) is 12.1. The normalized spacial score (nSPS) is 30.6. The van der Waals surface area contributed by atoms with Crippen molar-refractivity contribution in [1.29, 1.82) is 0 Å². The second-order valence-electron chi connectivity index (χ2n) is 16.0. The summed E-state index contributed by atoms with van der Waals surface area (Å²) in [6, 6.07) is 7.55. The van der Waals surface area contributed by atoms with Crippen molar-refractivity contribution in [2.45, 2.75) is 106 Å². The zero-order valence-electron chi connectivity index (χ0n) is 30.7. The molecule has 5 fully saturated rings. The van der Waals surface area contributed by atoms with Crippen LogP contribution in [0.15, 0.2) is 47.9 Å². The van der Waals surface area contributed by atoms with E-state index in [1.54, 1.807) is 4.90 Å². The molecule has 3 N–H and O–H groups in total. The van der Waals surface area contributed by atoms with Gasteiger partial charge in [-0.1, -0.05) is 55.3 Å². The highest BCUT2D eigenvalue weighted by molar-refractivity contribution is 7.91. The van der Waals surface area contributed by atoms with E-state index in [1.165, 1.54) is 16.2 Å². The van der Waals surface area contributed by atoms with Crippen LogP contribution in [0.3, 0.4) is 0 Å². The molecule has 0 spiro atoms. The Kier molecular flexibility index (Phi) is 10.5. The van der Waals surface area contributed by atoms with Crippen LogP contribution in [0.2, 0.25) is 0 Å². The molecule has 294 valence electrons. The van der Waals surface area contributed by atoms with Crippen molar-refractivity contribution in [3.05, 3.63) is 52.9 Å². The fourth-order valence-electron chi connectivity index (χ4n) is 8.82. The second kappa shape index (κ2) is 15.3. The molecule has 8 rings (SSSR count). The molecule has 6 atom stereocenters. The first-order chi connectivity index (χ1) is 26.5. The van der Waals surface area contributed by atoms with Crippen LogP contribution in [-0.2, 0) is 29.1 Å². The predicted molar refractivity (Wildman–Crippen MR) is 203 cm³/mol. The average molecular weight is 793 g/mol. The van der Waals surface area contributed by atoms with Gasteiger partial charge in [0.05, 0.1) is 10.9 Å². The Balaban J connectivity index is 1.06.